The van der Waals surface area contributed by atoms with E-state index in [0.717, 1.165) is 19.3 Å². The molecule has 2 aliphatic rings. The number of ketones is 1. The highest BCUT2D eigenvalue weighted by molar-refractivity contribution is 6.18. The highest BCUT2D eigenvalue weighted by Gasteiger charge is 2.73. The number of hydrogen-bond acceptors (Lipinski definition) is 2. The predicted octanol–water partition coefficient (Wildman–Crippen LogP) is 2.94. The Kier molecular flexibility index (Phi) is 2.91. The van der Waals surface area contributed by atoms with Crippen molar-refractivity contribution in [1.82, 2.24) is 4.90 Å². The molecule has 2 saturated carbocycles. The summed E-state index contributed by atoms with van der Waals surface area (Å²) in [4.78, 5) is 15.1. The van der Waals surface area contributed by atoms with Crippen LogP contribution in [0, 0.1) is 16.7 Å². The van der Waals surface area contributed by atoms with E-state index in [2.05, 4.69) is 25.7 Å². The second-order valence-electron chi connectivity index (χ2n) is 6.73. The van der Waals surface area contributed by atoms with Gasteiger partial charge in [0.25, 0.3) is 0 Å². The lowest BCUT2D eigenvalue weighted by atomic mass is 9.70. The van der Waals surface area contributed by atoms with Gasteiger partial charge < -0.3 is 0 Å². The van der Waals surface area contributed by atoms with Crippen LogP contribution in [0.4, 0.5) is 0 Å². The van der Waals surface area contributed by atoms with Crippen LogP contribution in [0.2, 0.25) is 0 Å². The Hall–Kier alpha value is -0.0800. The van der Waals surface area contributed by atoms with Gasteiger partial charge >= 0.3 is 0 Å². The van der Waals surface area contributed by atoms with Gasteiger partial charge in [-0.3, -0.25) is 9.69 Å². The third-order valence-electron chi connectivity index (χ3n) is 5.97. The molecule has 3 unspecified atom stereocenters. The molecule has 0 amide bonds. The number of carbonyl (C=O) groups excluding carboxylic acids is 1. The number of Topliss-reactive ketones (excluding diaryl/α,β-unsaturated/α-hetero) is 1. The third-order valence-corrected chi connectivity index (χ3v) is 6.16. The minimum atomic E-state index is -0.321. The molecule has 0 aromatic heterocycles. The zero-order valence-electron chi connectivity index (χ0n) is 11.6. The van der Waals surface area contributed by atoms with Crippen LogP contribution in [-0.4, -0.2) is 36.2 Å². The molecular weight excluding hydrogens is 234 g/mol. The smallest absolute Gasteiger partial charge is 0.159 e. The standard InChI is InChI=1S/C14H24ClNO/c1-12(2)10-6-7-13(12,3)11(17)14(10,8-9-15)16(4)5/h10H,6-9H2,1-5H3. The second-order valence-corrected chi connectivity index (χ2v) is 7.11. The summed E-state index contributed by atoms with van der Waals surface area (Å²) >= 11 is 5.98. The van der Waals surface area contributed by atoms with Crippen molar-refractivity contribution in [3.05, 3.63) is 0 Å². The zero-order chi connectivity index (χ0) is 13.1. The van der Waals surface area contributed by atoms with Gasteiger partial charge in [-0.2, -0.15) is 0 Å². The van der Waals surface area contributed by atoms with E-state index in [-0.39, 0.29) is 16.4 Å². The van der Waals surface area contributed by atoms with Crippen molar-refractivity contribution in [3.63, 3.8) is 0 Å². The van der Waals surface area contributed by atoms with Crippen molar-refractivity contribution >= 4 is 17.4 Å². The number of halogens is 1. The zero-order valence-corrected chi connectivity index (χ0v) is 12.4. The molecule has 2 fully saturated rings. The van der Waals surface area contributed by atoms with E-state index in [1.807, 2.05) is 14.1 Å². The normalized spacial score (nSPS) is 43.7. The van der Waals surface area contributed by atoms with E-state index in [4.69, 9.17) is 11.6 Å². The van der Waals surface area contributed by atoms with Gasteiger partial charge in [0.1, 0.15) is 0 Å². The minimum Gasteiger partial charge on any atom is -0.297 e. The summed E-state index contributed by atoms with van der Waals surface area (Å²) in [5.74, 6) is 1.44. The summed E-state index contributed by atoms with van der Waals surface area (Å²) in [7, 11) is 4.06. The van der Waals surface area contributed by atoms with Crippen LogP contribution in [-0.2, 0) is 4.79 Å². The van der Waals surface area contributed by atoms with Crippen molar-refractivity contribution in [1.29, 1.82) is 0 Å². The van der Waals surface area contributed by atoms with Gasteiger partial charge in [0.15, 0.2) is 5.78 Å². The lowest BCUT2D eigenvalue weighted by molar-refractivity contribution is -0.138. The molecule has 98 valence electrons. The molecule has 0 aromatic rings. The second kappa shape index (κ2) is 3.71. The van der Waals surface area contributed by atoms with Crippen molar-refractivity contribution in [3.8, 4) is 0 Å². The number of rotatable bonds is 3. The summed E-state index contributed by atoms with van der Waals surface area (Å²) in [6.07, 6.45) is 2.98. The molecular formula is C14H24ClNO. The maximum atomic E-state index is 13.0. The largest absolute Gasteiger partial charge is 0.297 e. The first kappa shape index (κ1) is 13.4. The van der Waals surface area contributed by atoms with Crippen LogP contribution in [0.3, 0.4) is 0 Å². The molecule has 2 rings (SSSR count). The minimum absolute atomic E-state index is 0.0976. The number of likely N-dealkylation sites (N-methyl/N-ethyl adjacent to an activating group) is 1. The lowest BCUT2D eigenvalue weighted by Gasteiger charge is -2.43. The van der Waals surface area contributed by atoms with Crippen molar-refractivity contribution in [2.24, 2.45) is 16.7 Å². The molecule has 0 saturated heterocycles. The fourth-order valence-corrected chi connectivity index (χ4v) is 4.84. The maximum absolute atomic E-state index is 13.0. The summed E-state index contributed by atoms with van der Waals surface area (Å²) in [6.45, 7) is 6.69. The van der Waals surface area contributed by atoms with Gasteiger partial charge in [-0.1, -0.05) is 20.8 Å². The summed E-state index contributed by atoms with van der Waals surface area (Å²) in [6, 6.07) is 0. The highest BCUT2D eigenvalue weighted by Crippen LogP contribution is 2.68. The van der Waals surface area contributed by atoms with Gasteiger partial charge in [0.2, 0.25) is 0 Å². The lowest BCUT2D eigenvalue weighted by Crippen LogP contribution is -2.56. The van der Waals surface area contributed by atoms with Crippen molar-refractivity contribution in [2.45, 2.75) is 45.6 Å². The van der Waals surface area contributed by atoms with Gasteiger partial charge in [-0.15, -0.1) is 11.6 Å². The maximum Gasteiger partial charge on any atom is 0.159 e. The Balaban J connectivity index is 2.55. The first-order valence-electron chi connectivity index (χ1n) is 6.53. The van der Waals surface area contributed by atoms with Gasteiger partial charge in [-0.25, -0.2) is 0 Å². The van der Waals surface area contributed by atoms with Gasteiger partial charge in [-0.05, 0) is 44.7 Å². The first-order chi connectivity index (χ1) is 7.75. The Morgan fingerprint density at radius 3 is 2.29 bits per heavy atom. The fourth-order valence-electron chi connectivity index (χ4n) is 4.55. The molecule has 2 nitrogen and oxygen atoms in total. The van der Waals surface area contributed by atoms with Crippen molar-refractivity contribution < 1.29 is 4.79 Å². The highest BCUT2D eigenvalue weighted by atomic mass is 35.5. The number of alkyl halides is 1. The molecule has 0 heterocycles. The van der Waals surface area contributed by atoms with Crippen LogP contribution in [0.5, 0.6) is 0 Å². The SMILES string of the molecule is CN(C)C1(CCCl)C(=O)C2(C)CCC1C2(C)C. The van der Waals surface area contributed by atoms with Crippen LogP contribution >= 0.6 is 11.6 Å². The van der Waals surface area contributed by atoms with Crippen LogP contribution in [0.15, 0.2) is 0 Å². The monoisotopic (exact) mass is 257 g/mol. The fraction of sp³-hybridized carbons (Fsp3) is 0.929. The molecule has 0 aliphatic heterocycles. The molecule has 0 N–H and O–H groups in total. The Bertz CT molecular complexity index is 352. The number of carbonyl (C=O) groups is 1. The Morgan fingerprint density at radius 2 is 1.94 bits per heavy atom. The van der Waals surface area contributed by atoms with E-state index in [0.29, 0.717) is 17.6 Å². The van der Waals surface area contributed by atoms with Gasteiger partial charge in [0, 0.05) is 11.3 Å². The van der Waals surface area contributed by atoms with Crippen molar-refractivity contribution in [2.75, 3.05) is 20.0 Å². The molecule has 0 aromatic carbocycles. The van der Waals surface area contributed by atoms with Crippen LogP contribution in [0.25, 0.3) is 0 Å². The number of nitrogens with zero attached hydrogens (tertiary/aromatic N) is 1. The Morgan fingerprint density at radius 1 is 1.35 bits per heavy atom. The summed E-state index contributed by atoms with van der Waals surface area (Å²) < 4.78 is 0. The van der Waals surface area contributed by atoms with Crippen LogP contribution in [0.1, 0.15) is 40.0 Å². The van der Waals surface area contributed by atoms with Gasteiger partial charge in [0.05, 0.1) is 5.54 Å². The van der Waals surface area contributed by atoms with Crippen LogP contribution < -0.4 is 0 Å². The number of hydrogen-bond donors (Lipinski definition) is 0. The molecule has 0 spiro atoms. The summed E-state index contributed by atoms with van der Waals surface area (Å²) in [5, 5.41) is 0. The van der Waals surface area contributed by atoms with E-state index in [9.17, 15) is 4.79 Å². The molecule has 3 heteroatoms. The van der Waals surface area contributed by atoms with E-state index < -0.39 is 0 Å². The third kappa shape index (κ3) is 1.29. The summed E-state index contributed by atoms with van der Waals surface area (Å²) in [5.41, 5.74) is -0.382. The predicted molar refractivity (Wildman–Crippen MR) is 71.4 cm³/mol. The first-order valence-corrected chi connectivity index (χ1v) is 7.07. The van der Waals surface area contributed by atoms with E-state index >= 15 is 0 Å². The topological polar surface area (TPSA) is 20.3 Å². The average Bonchev–Trinajstić information content (AvgIpc) is 2.52. The molecule has 2 aliphatic carbocycles. The quantitative estimate of drug-likeness (QED) is 0.725. The Labute approximate surface area is 110 Å². The van der Waals surface area contributed by atoms with E-state index in [1.54, 1.807) is 0 Å². The molecule has 3 atom stereocenters. The average molecular weight is 258 g/mol. The molecule has 0 radical (unpaired) electrons. The number of fused-ring (bicyclic) bond motifs is 2. The van der Waals surface area contributed by atoms with E-state index in [1.165, 1.54) is 0 Å². The molecule has 2 bridgehead atoms. The molecule has 17 heavy (non-hydrogen) atoms.